The molecule has 1 aliphatic rings. The lowest BCUT2D eigenvalue weighted by Gasteiger charge is -2.12. The van der Waals surface area contributed by atoms with E-state index < -0.39 is 0 Å². The third kappa shape index (κ3) is 5.01. The van der Waals surface area contributed by atoms with Crippen LogP contribution in [0.2, 0.25) is 0 Å². The fourth-order valence-electron chi connectivity index (χ4n) is 2.75. The van der Waals surface area contributed by atoms with Gasteiger partial charge in [0.2, 0.25) is 0 Å². The molecular formula is C22H22N2O5S. The van der Waals surface area contributed by atoms with Gasteiger partial charge in [-0.2, -0.15) is 0 Å². The summed E-state index contributed by atoms with van der Waals surface area (Å²) >= 11 is 0.885. The maximum absolute atomic E-state index is 12.2. The van der Waals surface area contributed by atoms with Crippen LogP contribution in [0.25, 0.3) is 6.08 Å². The quantitative estimate of drug-likeness (QED) is 0.675. The first-order valence-electron chi connectivity index (χ1n) is 9.32. The number of anilines is 1. The molecule has 0 unspecified atom stereocenters. The number of methoxy groups -OCH3 is 1. The van der Waals surface area contributed by atoms with Crippen molar-refractivity contribution in [1.82, 2.24) is 4.90 Å². The molecule has 0 radical (unpaired) electrons. The number of carbonyl (C=O) groups is 3. The van der Waals surface area contributed by atoms with Crippen LogP contribution in [0.15, 0.2) is 47.4 Å². The minimum absolute atomic E-state index is 0.181. The monoisotopic (exact) mass is 426 g/mol. The number of aryl methyl sites for hydroxylation is 1. The standard InChI is InChI=1S/C22H22N2O5S/c1-4-14-5-8-16(9-6-14)23-20(25)13-29-17-10-7-15(11-18(17)28-3)12-19-21(26)24(2)22(27)30-19/h5-12H,4,13H2,1-3H3,(H,23,25)/b19-12-. The minimum Gasteiger partial charge on any atom is -0.493 e. The van der Waals surface area contributed by atoms with Gasteiger partial charge in [0.15, 0.2) is 18.1 Å². The molecule has 1 heterocycles. The number of imide groups is 1. The fourth-order valence-corrected chi connectivity index (χ4v) is 3.58. The van der Waals surface area contributed by atoms with Gasteiger partial charge in [-0.05, 0) is 59.7 Å². The Labute approximate surface area is 179 Å². The van der Waals surface area contributed by atoms with Gasteiger partial charge < -0.3 is 14.8 Å². The Balaban J connectivity index is 1.64. The molecule has 0 aromatic heterocycles. The van der Waals surface area contributed by atoms with Crippen molar-refractivity contribution in [2.24, 2.45) is 0 Å². The molecule has 1 saturated heterocycles. The average Bonchev–Trinajstić information content (AvgIpc) is 2.99. The molecule has 30 heavy (non-hydrogen) atoms. The van der Waals surface area contributed by atoms with E-state index in [1.165, 1.54) is 19.7 Å². The van der Waals surface area contributed by atoms with Crippen LogP contribution < -0.4 is 14.8 Å². The summed E-state index contributed by atoms with van der Waals surface area (Å²) in [5.74, 6) is 0.184. The first kappa shape index (κ1) is 21.4. The highest BCUT2D eigenvalue weighted by Gasteiger charge is 2.31. The highest BCUT2D eigenvalue weighted by Crippen LogP contribution is 2.33. The van der Waals surface area contributed by atoms with Crippen molar-refractivity contribution in [2.45, 2.75) is 13.3 Å². The number of nitrogens with zero attached hydrogens (tertiary/aromatic N) is 1. The topological polar surface area (TPSA) is 84.9 Å². The smallest absolute Gasteiger partial charge is 0.293 e. The van der Waals surface area contributed by atoms with E-state index in [-0.39, 0.29) is 23.7 Å². The zero-order chi connectivity index (χ0) is 21.7. The van der Waals surface area contributed by atoms with Crippen molar-refractivity contribution in [3.05, 3.63) is 58.5 Å². The largest absolute Gasteiger partial charge is 0.493 e. The second-order valence-electron chi connectivity index (χ2n) is 6.54. The van der Waals surface area contributed by atoms with Crippen molar-refractivity contribution >= 4 is 40.6 Å². The average molecular weight is 426 g/mol. The number of nitrogens with one attached hydrogen (secondary N) is 1. The zero-order valence-electron chi connectivity index (χ0n) is 16.9. The summed E-state index contributed by atoms with van der Waals surface area (Å²) < 4.78 is 10.9. The van der Waals surface area contributed by atoms with E-state index in [2.05, 4.69) is 12.2 Å². The molecule has 1 aliphatic heterocycles. The van der Waals surface area contributed by atoms with Gasteiger partial charge in [-0.3, -0.25) is 19.3 Å². The number of hydrogen-bond donors (Lipinski definition) is 1. The molecule has 3 rings (SSSR count). The van der Waals surface area contributed by atoms with Crippen LogP contribution in [0.1, 0.15) is 18.1 Å². The van der Waals surface area contributed by atoms with Gasteiger partial charge in [-0.1, -0.05) is 25.1 Å². The molecule has 1 N–H and O–H groups in total. The number of carbonyl (C=O) groups excluding carboxylic acids is 3. The lowest BCUT2D eigenvalue weighted by molar-refractivity contribution is -0.121. The minimum atomic E-state index is -0.340. The molecular weight excluding hydrogens is 404 g/mol. The maximum Gasteiger partial charge on any atom is 0.293 e. The highest BCUT2D eigenvalue weighted by molar-refractivity contribution is 8.18. The number of amides is 3. The Morgan fingerprint density at radius 3 is 2.47 bits per heavy atom. The molecule has 3 amide bonds. The Morgan fingerprint density at radius 2 is 1.87 bits per heavy atom. The maximum atomic E-state index is 12.2. The highest BCUT2D eigenvalue weighted by atomic mass is 32.2. The molecule has 0 atom stereocenters. The van der Waals surface area contributed by atoms with E-state index >= 15 is 0 Å². The molecule has 0 spiro atoms. The summed E-state index contributed by atoms with van der Waals surface area (Å²) in [5.41, 5.74) is 2.57. The second kappa shape index (κ2) is 9.49. The van der Waals surface area contributed by atoms with Crippen molar-refractivity contribution in [3.8, 4) is 11.5 Å². The summed E-state index contributed by atoms with van der Waals surface area (Å²) in [4.78, 5) is 37.2. The van der Waals surface area contributed by atoms with Crippen molar-refractivity contribution in [2.75, 3.05) is 26.1 Å². The Kier molecular flexibility index (Phi) is 6.79. The van der Waals surface area contributed by atoms with E-state index in [4.69, 9.17) is 9.47 Å². The van der Waals surface area contributed by atoms with Crippen LogP contribution in [0, 0.1) is 0 Å². The summed E-state index contributed by atoms with van der Waals surface area (Å²) in [7, 11) is 2.93. The van der Waals surface area contributed by atoms with Crippen LogP contribution in [0.4, 0.5) is 10.5 Å². The number of rotatable bonds is 7. The normalized spacial score (nSPS) is 14.9. The predicted molar refractivity (Wildman–Crippen MR) is 117 cm³/mol. The first-order valence-corrected chi connectivity index (χ1v) is 10.1. The van der Waals surface area contributed by atoms with Gasteiger partial charge in [0.05, 0.1) is 12.0 Å². The van der Waals surface area contributed by atoms with Crippen LogP contribution in [-0.2, 0) is 16.0 Å². The van der Waals surface area contributed by atoms with Gasteiger partial charge >= 0.3 is 0 Å². The van der Waals surface area contributed by atoms with Crippen LogP contribution in [0.3, 0.4) is 0 Å². The predicted octanol–water partition coefficient (Wildman–Crippen LogP) is 3.94. The van der Waals surface area contributed by atoms with Crippen molar-refractivity contribution in [1.29, 1.82) is 0 Å². The van der Waals surface area contributed by atoms with E-state index in [0.717, 1.165) is 23.1 Å². The SMILES string of the molecule is CCc1ccc(NC(=O)COc2ccc(/C=C3\SC(=O)N(C)C3=O)cc2OC)cc1. The third-order valence-corrected chi connectivity index (χ3v) is 5.44. The molecule has 0 bridgehead atoms. The van der Waals surface area contributed by atoms with Crippen LogP contribution >= 0.6 is 11.8 Å². The van der Waals surface area contributed by atoms with Crippen LogP contribution in [0.5, 0.6) is 11.5 Å². The molecule has 2 aromatic carbocycles. The molecule has 7 nitrogen and oxygen atoms in total. The number of hydrogen-bond acceptors (Lipinski definition) is 6. The Hall–Kier alpha value is -3.26. The number of likely N-dealkylation sites (N-methyl/N-ethyl adjacent to an activating group) is 1. The van der Waals surface area contributed by atoms with E-state index in [0.29, 0.717) is 27.7 Å². The first-order chi connectivity index (χ1) is 14.4. The lowest BCUT2D eigenvalue weighted by atomic mass is 10.1. The second-order valence-corrected chi connectivity index (χ2v) is 7.53. The van der Waals surface area contributed by atoms with Crippen LogP contribution in [-0.4, -0.2) is 42.7 Å². The van der Waals surface area contributed by atoms with E-state index in [1.807, 2.05) is 24.3 Å². The molecule has 156 valence electrons. The summed E-state index contributed by atoms with van der Waals surface area (Å²) in [6, 6.07) is 12.7. The van der Waals surface area contributed by atoms with Gasteiger partial charge in [0, 0.05) is 12.7 Å². The fraction of sp³-hybridized carbons (Fsp3) is 0.227. The van der Waals surface area contributed by atoms with E-state index in [9.17, 15) is 14.4 Å². The molecule has 1 fully saturated rings. The molecule has 8 heteroatoms. The molecule has 0 saturated carbocycles. The summed E-state index contributed by atoms with van der Waals surface area (Å²) in [5, 5.41) is 2.47. The molecule has 0 aliphatic carbocycles. The lowest BCUT2D eigenvalue weighted by Crippen LogP contribution is -2.22. The Bertz CT molecular complexity index is 1000. The van der Waals surface area contributed by atoms with Gasteiger partial charge in [-0.15, -0.1) is 0 Å². The van der Waals surface area contributed by atoms with Crippen molar-refractivity contribution < 1.29 is 23.9 Å². The zero-order valence-corrected chi connectivity index (χ0v) is 17.7. The Morgan fingerprint density at radius 1 is 1.13 bits per heavy atom. The summed E-state index contributed by atoms with van der Waals surface area (Å²) in [6.07, 6.45) is 2.55. The summed E-state index contributed by atoms with van der Waals surface area (Å²) in [6.45, 7) is 1.89. The van der Waals surface area contributed by atoms with Gasteiger partial charge in [0.25, 0.3) is 17.1 Å². The third-order valence-electron chi connectivity index (χ3n) is 4.48. The number of ether oxygens (including phenoxy) is 2. The van der Waals surface area contributed by atoms with Gasteiger partial charge in [-0.25, -0.2) is 0 Å². The number of thioether (sulfide) groups is 1. The van der Waals surface area contributed by atoms with Gasteiger partial charge in [0.1, 0.15) is 0 Å². The molecule has 2 aromatic rings. The number of benzene rings is 2. The van der Waals surface area contributed by atoms with E-state index in [1.54, 1.807) is 24.3 Å². The van der Waals surface area contributed by atoms with Crippen molar-refractivity contribution in [3.63, 3.8) is 0 Å².